The highest BCUT2D eigenvalue weighted by molar-refractivity contribution is 5.47. The van der Waals surface area contributed by atoms with Crippen molar-refractivity contribution >= 4 is 11.8 Å². The summed E-state index contributed by atoms with van der Waals surface area (Å²) >= 11 is 0. The topological polar surface area (TPSA) is 55.0 Å². The molecule has 0 aliphatic heterocycles. The zero-order chi connectivity index (χ0) is 11.3. The van der Waals surface area contributed by atoms with Crippen molar-refractivity contribution in [3.05, 3.63) is 11.8 Å². The van der Waals surface area contributed by atoms with Crippen LogP contribution < -0.4 is 10.6 Å². The SMILES string of the molecule is CCCCN(CC)c1nc(N)ncc1C. The Balaban J connectivity index is 2.85. The Morgan fingerprint density at radius 1 is 1.40 bits per heavy atom. The van der Waals surface area contributed by atoms with Crippen LogP contribution in [-0.4, -0.2) is 23.1 Å². The largest absolute Gasteiger partial charge is 0.368 e. The fourth-order valence-corrected chi connectivity index (χ4v) is 1.53. The van der Waals surface area contributed by atoms with Crippen LogP contribution in [0.2, 0.25) is 0 Å². The van der Waals surface area contributed by atoms with Crippen molar-refractivity contribution in [1.29, 1.82) is 0 Å². The van der Waals surface area contributed by atoms with Crippen molar-refractivity contribution in [2.45, 2.75) is 33.6 Å². The molecule has 0 atom stereocenters. The van der Waals surface area contributed by atoms with Gasteiger partial charge in [-0.1, -0.05) is 13.3 Å². The van der Waals surface area contributed by atoms with E-state index in [1.54, 1.807) is 6.20 Å². The van der Waals surface area contributed by atoms with E-state index in [4.69, 9.17) is 5.73 Å². The van der Waals surface area contributed by atoms with E-state index in [0.29, 0.717) is 5.95 Å². The van der Waals surface area contributed by atoms with E-state index < -0.39 is 0 Å². The molecule has 4 nitrogen and oxygen atoms in total. The summed E-state index contributed by atoms with van der Waals surface area (Å²) in [7, 11) is 0. The monoisotopic (exact) mass is 208 g/mol. The molecule has 0 bridgehead atoms. The number of hydrogen-bond donors (Lipinski definition) is 1. The molecule has 4 heteroatoms. The quantitative estimate of drug-likeness (QED) is 0.804. The lowest BCUT2D eigenvalue weighted by molar-refractivity contribution is 0.721. The van der Waals surface area contributed by atoms with Crippen LogP contribution in [0.1, 0.15) is 32.3 Å². The number of hydrogen-bond acceptors (Lipinski definition) is 4. The minimum atomic E-state index is 0.352. The van der Waals surface area contributed by atoms with Gasteiger partial charge >= 0.3 is 0 Å². The summed E-state index contributed by atoms with van der Waals surface area (Å²) < 4.78 is 0. The average molecular weight is 208 g/mol. The molecule has 0 aliphatic rings. The number of aromatic nitrogens is 2. The van der Waals surface area contributed by atoms with E-state index in [0.717, 1.165) is 24.5 Å². The highest BCUT2D eigenvalue weighted by Gasteiger charge is 2.09. The average Bonchev–Trinajstić information content (AvgIpc) is 2.24. The molecule has 1 aromatic heterocycles. The fourth-order valence-electron chi connectivity index (χ4n) is 1.53. The van der Waals surface area contributed by atoms with Crippen LogP contribution in [-0.2, 0) is 0 Å². The first-order valence-corrected chi connectivity index (χ1v) is 5.53. The van der Waals surface area contributed by atoms with E-state index in [1.165, 1.54) is 12.8 Å². The number of nitrogens with two attached hydrogens (primary N) is 1. The first kappa shape index (κ1) is 11.8. The molecule has 84 valence electrons. The van der Waals surface area contributed by atoms with Gasteiger partial charge in [0.15, 0.2) is 0 Å². The molecule has 1 aromatic rings. The molecule has 2 N–H and O–H groups in total. The zero-order valence-electron chi connectivity index (χ0n) is 9.82. The minimum absolute atomic E-state index is 0.352. The molecule has 0 spiro atoms. The Labute approximate surface area is 91.5 Å². The van der Waals surface area contributed by atoms with Gasteiger partial charge in [0.1, 0.15) is 5.82 Å². The molecular formula is C11H20N4. The molecule has 0 saturated carbocycles. The van der Waals surface area contributed by atoms with E-state index >= 15 is 0 Å². The van der Waals surface area contributed by atoms with Gasteiger partial charge in [-0.2, -0.15) is 4.98 Å². The molecule has 0 saturated heterocycles. The van der Waals surface area contributed by atoms with Crippen LogP contribution in [0.5, 0.6) is 0 Å². The Hall–Kier alpha value is -1.32. The number of aryl methyl sites for hydroxylation is 1. The highest BCUT2D eigenvalue weighted by atomic mass is 15.2. The summed E-state index contributed by atoms with van der Waals surface area (Å²) in [5, 5.41) is 0. The summed E-state index contributed by atoms with van der Waals surface area (Å²) in [5.41, 5.74) is 6.69. The van der Waals surface area contributed by atoms with Gasteiger partial charge in [0.25, 0.3) is 0 Å². The standard InChI is InChI=1S/C11H20N4/c1-4-6-7-15(5-2)10-9(3)8-13-11(12)14-10/h8H,4-7H2,1-3H3,(H2,12,13,14). The van der Waals surface area contributed by atoms with Gasteiger partial charge < -0.3 is 10.6 Å². The Morgan fingerprint density at radius 3 is 2.73 bits per heavy atom. The van der Waals surface area contributed by atoms with E-state index in [9.17, 15) is 0 Å². The lowest BCUT2D eigenvalue weighted by Gasteiger charge is -2.23. The Morgan fingerprint density at radius 2 is 2.13 bits per heavy atom. The molecule has 0 aromatic carbocycles. The first-order valence-electron chi connectivity index (χ1n) is 5.53. The van der Waals surface area contributed by atoms with Crippen LogP contribution in [0.25, 0.3) is 0 Å². The van der Waals surface area contributed by atoms with Gasteiger partial charge in [0, 0.05) is 24.8 Å². The van der Waals surface area contributed by atoms with Gasteiger partial charge in [-0.05, 0) is 20.3 Å². The van der Waals surface area contributed by atoms with Crippen LogP contribution in [0.15, 0.2) is 6.20 Å². The number of nitrogen functional groups attached to an aromatic ring is 1. The third-order valence-electron chi connectivity index (χ3n) is 2.43. The fraction of sp³-hybridized carbons (Fsp3) is 0.636. The predicted molar refractivity (Wildman–Crippen MR) is 64.0 cm³/mol. The van der Waals surface area contributed by atoms with Gasteiger partial charge in [-0.25, -0.2) is 4.98 Å². The summed E-state index contributed by atoms with van der Waals surface area (Å²) in [6.07, 6.45) is 4.15. The van der Waals surface area contributed by atoms with E-state index in [2.05, 4.69) is 28.7 Å². The van der Waals surface area contributed by atoms with Crippen LogP contribution in [0, 0.1) is 6.92 Å². The number of anilines is 2. The first-order chi connectivity index (χ1) is 7.19. The molecule has 1 heterocycles. The minimum Gasteiger partial charge on any atom is -0.368 e. The van der Waals surface area contributed by atoms with Crippen molar-refractivity contribution in [2.75, 3.05) is 23.7 Å². The molecule has 0 fully saturated rings. The molecule has 0 radical (unpaired) electrons. The predicted octanol–water partition coefficient (Wildman–Crippen LogP) is 1.99. The van der Waals surface area contributed by atoms with E-state index in [1.807, 2.05) is 6.92 Å². The maximum atomic E-state index is 5.60. The van der Waals surface area contributed by atoms with Gasteiger partial charge in [0.2, 0.25) is 5.95 Å². The molecule has 0 unspecified atom stereocenters. The lowest BCUT2D eigenvalue weighted by atomic mass is 10.2. The van der Waals surface area contributed by atoms with Crippen LogP contribution in [0.3, 0.4) is 0 Å². The Kier molecular flexibility index (Phi) is 4.34. The van der Waals surface area contributed by atoms with Crippen molar-refractivity contribution in [2.24, 2.45) is 0 Å². The molecule has 15 heavy (non-hydrogen) atoms. The third-order valence-corrected chi connectivity index (χ3v) is 2.43. The zero-order valence-corrected chi connectivity index (χ0v) is 9.82. The highest BCUT2D eigenvalue weighted by Crippen LogP contribution is 2.17. The third kappa shape index (κ3) is 3.08. The summed E-state index contributed by atoms with van der Waals surface area (Å²) in [5.74, 6) is 1.32. The number of nitrogens with zero attached hydrogens (tertiary/aromatic N) is 3. The number of unbranched alkanes of at least 4 members (excludes halogenated alkanes) is 1. The smallest absolute Gasteiger partial charge is 0.221 e. The van der Waals surface area contributed by atoms with Gasteiger partial charge in [-0.3, -0.25) is 0 Å². The van der Waals surface area contributed by atoms with Crippen LogP contribution in [0.4, 0.5) is 11.8 Å². The molecule has 0 aliphatic carbocycles. The Bertz CT molecular complexity index is 311. The van der Waals surface area contributed by atoms with Gasteiger partial charge in [0.05, 0.1) is 0 Å². The maximum Gasteiger partial charge on any atom is 0.221 e. The van der Waals surface area contributed by atoms with Gasteiger partial charge in [-0.15, -0.1) is 0 Å². The van der Waals surface area contributed by atoms with Crippen molar-refractivity contribution in [1.82, 2.24) is 9.97 Å². The van der Waals surface area contributed by atoms with Crippen molar-refractivity contribution in [3.63, 3.8) is 0 Å². The van der Waals surface area contributed by atoms with Crippen LogP contribution >= 0.6 is 0 Å². The molecular weight excluding hydrogens is 188 g/mol. The lowest BCUT2D eigenvalue weighted by Crippen LogP contribution is -2.26. The second-order valence-corrected chi connectivity index (χ2v) is 3.67. The maximum absolute atomic E-state index is 5.60. The van der Waals surface area contributed by atoms with Crippen molar-refractivity contribution < 1.29 is 0 Å². The molecule has 0 amide bonds. The van der Waals surface area contributed by atoms with E-state index in [-0.39, 0.29) is 0 Å². The molecule has 1 rings (SSSR count). The number of rotatable bonds is 5. The second-order valence-electron chi connectivity index (χ2n) is 3.67. The van der Waals surface area contributed by atoms with Crippen molar-refractivity contribution in [3.8, 4) is 0 Å². The normalized spacial score (nSPS) is 10.3. The second kappa shape index (κ2) is 5.53. The summed E-state index contributed by atoms with van der Waals surface area (Å²) in [4.78, 5) is 10.5. The summed E-state index contributed by atoms with van der Waals surface area (Å²) in [6, 6.07) is 0. The summed E-state index contributed by atoms with van der Waals surface area (Å²) in [6.45, 7) is 8.33.